The summed E-state index contributed by atoms with van der Waals surface area (Å²) in [7, 11) is 0. The largest absolute Gasteiger partial charge is 0.310 e. The first-order valence-corrected chi connectivity index (χ1v) is 25.5. The minimum absolute atomic E-state index is 0.482. The van der Waals surface area contributed by atoms with Gasteiger partial charge in [0.05, 0.1) is 16.5 Å². The summed E-state index contributed by atoms with van der Waals surface area (Å²) >= 11 is 0. The van der Waals surface area contributed by atoms with Gasteiger partial charge in [-0.1, -0.05) is 249 Å². The molecule has 0 N–H and O–H groups in total. The molecule has 0 atom stereocenters. The van der Waals surface area contributed by atoms with Crippen molar-refractivity contribution in [2.45, 2.75) is 10.8 Å². The Morgan fingerprint density at radius 3 is 1.21 bits per heavy atom. The van der Waals surface area contributed by atoms with Crippen LogP contribution in [0.3, 0.4) is 0 Å². The molecule has 340 valence electrons. The predicted octanol–water partition coefficient (Wildman–Crippen LogP) is 18.4. The minimum Gasteiger partial charge on any atom is -0.310 e. The van der Waals surface area contributed by atoms with Crippen LogP contribution in [0.15, 0.2) is 285 Å². The molecular formula is C72H47N. The van der Waals surface area contributed by atoms with Gasteiger partial charge in [-0.25, -0.2) is 0 Å². The van der Waals surface area contributed by atoms with Crippen molar-refractivity contribution >= 4 is 27.8 Å². The van der Waals surface area contributed by atoms with Crippen molar-refractivity contribution in [1.29, 1.82) is 0 Å². The second kappa shape index (κ2) is 16.1. The Hall–Kier alpha value is -9.30. The maximum atomic E-state index is 2.53. The SMILES string of the molecule is c1ccc(-c2ccccc2-c2ccc(N(c3cccc(-c4ccc5c(c4)C4(c6ccccc6-5)c5ccccc5C5(c6ccccc6-c6ccccc65)c5ccccc54)c3)c3cccc4ccccc34)cc2)cc1. The highest BCUT2D eigenvalue weighted by atomic mass is 15.1. The molecule has 0 aliphatic heterocycles. The Bertz CT molecular complexity index is 4060. The average molecular weight is 926 g/mol. The summed E-state index contributed by atoms with van der Waals surface area (Å²) in [5, 5.41) is 2.41. The third-order valence-corrected chi connectivity index (χ3v) is 16.4. The molecule has 1 nitrogen and oxygen atoms in total. The van der Waals surface area contributed by atoms with E-state index < -0.39 is 10.8 Å². The summed E-state index contributed by atoms with van der Waals surface area (Å²) in [5.41, 5.74) is 25.4. The molecule has 0 bridgehead atoms. The van der Waals surface area contributed by atoms with E-state index in [0.29, 0.717) is 0 Å². The van der Waals surface area contributed by atoms with Gasteiger partial charge in [-0.3, -0.25) is 0 Å². The Morgan fingerprint density at radius 1 is 0.219 bits per heavy atom. The number of anilines is 3. The van der Waals surface area contributed by atoms with E-state index in [1.54, 1.807) is 0 Å². The normalized spacial score (nSPS) is 13.7. The van der Waals surface area contributed by atoms with Crippen molar-refractivity contribution in [3.8, 4) is 55.6 Å². The van der Waals surface area contributed by atoms with Gasteiger partial charge in [-0.15, -0.1) is 0 Å². The first-order valence-electron chi connectivity index (χ1n) is 25.5. The molecular weight excluding hydrogens is 879 g/mol. The molecule has 0 radical (unpaired) electrons. The first-order chi connectivity index (χ1) is 36.2. The lowest BCUT2D eigenvalue weighted by Crippen LogP contribution is -2.43. The van der Waals surface area contributed by atoms with Crippen LogP contribution in [-0.4, -0.2) is 0 Å². The highest BCUT2D eigenvalue weighted by Crippen LogP contribution is 2.67. The van der Waals surface area contributed by atoms with E-state index >= 15 is 0 Å². The van der Waals surface area contributed by atoms with Crippen LogP contribution in [-0.2, 0) is 10.8 Å². The highest BCUT2D eigenvalue weighted by molar-refractivity contribution is 6.00. The van der Waals surface area contributed by atoms with Gasteiger partial charge in [-0.2, -0.15) is 0 Å². The molecule has 0 aromatic heterocycles. The minimum atomic E-state index is -0.569. The van der Waals surface area contributed by atoms with Gasteiger partial charge in [-0.05, 0) is 142 Å². The summed E-state index contributed by atoms with van der Waals surface area (Å²) in [6.07, 6.45) is 0. The van der Waals surface area contributed by atoms with Gasteiger partial charge < -0.3 is 4.90 Å². The monoisotopic (exact) mass is 925 g/mol. The van der Waals surface area contributed by atoms with E-state index in [4.69, 9.17) is 0 Å². The molecule has 0 fully saturated rings. The lowest BCUT2D eigenvalue weighted by molar-refractivity contribution is 0.633. The van der Waals surface area contributed by atoms with Crippen molar-refractivity contribution in [2.24, 2.45) is 0 Å². The molecule has 2 spiro atoms. The average Bonchev–Trinajstić information content (AvgIpc) is 4.06. The molecule has 0 saturated carbocycles. The van der Waals surface area contributed by atoms with Gasteiger partial charge in [0.1, 0.15) is 0 Å². The van der Waals surface area contributed by atoms with Crippen molar-refractivity contribution in [3.05, 3.63) is 330 Å². The first kappa shape index (κ1) is 41.5. The fraction of sp³-hybridized carbons (Fsp3) is 0.0278. The van der Waals surface area contributed by atoms with E-state index in [9.17, 15) is 0 Å². The van der Waals surface area contributed by atoms with E-state index in [0.717, 1.165) is 22.6 Å². The molecule has 15 rings (SSSR count). The fourth-order valence-corrected chi connectivity index (χ4v) is 13.5. The standard InChI is InChI=1S/C72H47N/c1-2-20-48(21-3-1)55-26-6-7-27-56(55)50-40-43-53(44-41-50)73(70-39-19-23-49-22-4-5-28-57(49)70)54-25-18-24-51(46-54)52-42-45-61-60-31-10-13-34-64(60)72(69(61)47-52)67-37-16-14-35-65(67)71(66-36-15-17-38-68(66)72)62-32-11-8-29-58(62)59-30-9-12-33-63(59)71/h1-47H. The lowest BCUT2D eigenvalue weighted by atomic mass is 9.52. The van der Waals surface area contributed by atoms with Crippen LogP contribution in [0, 0.1) is 0 Å². The molecule has 1 heteroatoms. The Kier molecular flexibility index (Phi) is 9.16. The van der Waals surface area contributed by atoms with Crippen molar-refractivity contribution in [2.75, 3.05) is 4.90 Å². The van der Waals surface area contributed by atoms with Crippen LogP contribution >= 0.6 is 0 Å². The van der Waals surface area contributed by atoms with Crippen molar-refractivity contribution in [1.82, 2.24) is 0 Å². The summed E-state index contributed by atoms with van der Waals surface area (Å²) < 4.78 is 0. The number of nitrogens with zero attached hydrogens (tertiary/aromatic N) is 1. The molecule has 0 unspecified atom stereocenters. The zero-order valence-electron chi connectivity index (χ0n) is 40.1. The molecule has 0 heterocycles. The highest BCUT2D eigenvalue weighted by Gasteiger charge is 2.58. The maximum Gasteiger partial charge on any atom is 0.0720 e. The van der Waals surface area contributed by atoms with Gasteiger partial charge in [0.2, 0.25) is 0 Å². The second-order valence-corrected chi connectivity index (χ2v) is 19.8. The lowest BCUT2D eigenvalue weighted by Gasteiger charge is -2.48. The van der Waals surface area contributed by atoms with Crippen molar-refractivity contribution < 1.29 is 0 Å². The molecule has 12 aromatic carbocycles. The van der Waals surface area contributed by atoms with Crippen molar-refractivity contribution in [3.63, 3.8) is 0 Å². The second-order valence-electron chi connectivity index (χ2n) is 19.8. The molecule has 0 saturated heterocycles. The molecule has 0 amide bonds. The van der Waals surface area contributed by atoms with E-state index in [2.05, 4.69) is 290 Å². The summed E-state index contributed by atoms with van der Waals surface area (Å²) in [6.45, 7) is 0. The summed E-state index contributed by atoms with van der Waals surface area (Å²) in [5.74, 6) is 0. The van der Waals surface area contributed by atoms with Gasteiger partial charge in [0.25, 0.3) is 0 Å². The Labute approximate surface area is 426 Å². The molecule has 3 aliphatic carbocycles. The van der Waals surface area contributed by atoms with Crippen LogP contribution in [0.4, 0.5) is 17.1 Å². The number of rotatable bonds is 6. The number of hydrogen-bond acceptors (Lipinski definition) is 1. The van der Waals surface area contributed by atoms with Gasteiger partial charge in [0.15, 0.2) is 0 Å². The van der Waals surface area contributed by atoms with Crippen LogP contribution in [0.2, 0.25) is 0 Å². The smallest absolute Gasteiger partial charge is 0.0720 e. The number of benzene rings is 12. The fourth-order valence-electron chi connectivity index (χ4n) is 13.5. The molecule has 3 aliphatic rings. The summed E-state index contributed by atoms with van der Waals surface area (Å²) in [6, 6.07) is 107. The predicted molar refractivity (Wildman–Crippen MR) is 303 cm³/mol. The zero-order chi connectivity index (χ0) is 48.1. The number of hydrogen-bond donors (Lipinski definition) is 0. The van der Waals surface area contributed by atoms with Crippen LogP contribution in [0.25, 0.3) is 66.4 Å². The topological polar surface area (TPSA) is 3.24 Å². The van der Waals surface area contributed by atoms with E-state index in [1.807, 2.05) is 0 Å². The third-order valence-electron chi connectivity index (χ3n) is 16.4. The molecule has 12 aromatic rings. The number of fused-ring (bicyclic) bond motifs is 17. The van der Waals surface area contributed by atoms with E-state index in [-0.39, 0.29) is 0 Å². The van der Waals surface area contributed by atoms with E-state index in [1.165, 1.54) is 105 Å². The van der Waals surface area contributed by atoms with Crippen LogP contribution < -0.4 is 4.90 Å². The van der Waals surface area contributed by atoms with Crippen LogP contribution in [0.1, 0.15) is 44.5 Å². The quantitative estimate of drug-likeness (QED) is 0.161. The third kappa shape index (κ3) is 5.85. The van der Waals surface area contributed by atoms with Gasteiger partial charge in [0, 0.05) is 16.8 Å². The summed E-state index contributed by atoms with van der Waals surface area (Å²) in [4.78, 5) is 2.44. The Morgan fingerprint density at radius 2 is 0.616 bits per heavy atom. The maximum absolute atomic E-state index is 2.53. The molecule has 73 heavy (non-hydrogen) atoms. The van der Waals surface area contributed by atoms with Crippen LogP contribution in [0.5, 0.6) is 0 Å². The Balaban J connectivity index is 0.916. The van der Waals surface area contributed by atoms with Gasteiger partial charge >= 0.3 is 0 Å². The zero-order valence-corrected chi connectivity index (χ0v) is 40.1.